The summed E-state index contributed by atoms with van der Waals surface area (Å²) in [6.07, 6.45) is 1.32. The van der Waals surface area contributed by atoms with Gasteiger partial charge in [-0.3, -0.25) is 4.79 Å². The summed E-state index contributed by atoms with van der Waals surface area (Å²) < 4.78 is 10.0. The van der Waals surface area contributed by atoms with Crippen LogP contribution in [0.5, 0.6) is 0 Å². The minimum Gasteiger partial charge on any atom is -0.466 e. The van der Waals surface area contributed by atoms with Gasteiger partial charge in [-0.15, -0.1) is 0 Å². The van der Waals surface area contributed by atoms with Crippen LogP contribution in [-0.4, -0.2) is 50.1 Å². The van der Waals surface area contributed by atoms with Gasteiger partial charge >= 0.3 is 5.97 Å². The van der Waals surface area contributed by atoms with E-state index in [1.807, 2.05) is 0 Å². The quantitative estimate of drug-likeness (QED) is 0.416. The molecular formula is C12H25NO4. The fraction of sp³-hybridized carbons (Fsp3) is 0.917. The molecule has 0 fully saturated rings. The second-order valence-electron chi connectivity index (χ2n) is 3.83. The smallest absolute Gasteiger partial charge is 0.308 e. The van der Waals surface area contributed by atoms with Gasteiger partial charge in [0.25, 0.3) is 0 Å². The third kappa shape index (κ3) is 11.6. The summed E-state index contributed by atoms with van der Waals surface area (Å²) in [5, 5.41) is 12.6. The van der Waals surface area contributed by atoms with Gasteiger partial charge in [0, 0.05) is 19.8 Å². The van der Waals surface area contributed by atoms with E-state index in [1.165, 1.54) is 0 Å². The first-order chi connectivity index (χ1) is 8.20. The SMILES string of the molecule is CCCOCCCNCC(O)CC(=O)OCC. The molecule has 0 aliphatic rings. The minimum absolute atomic E-state index is 0.0488. The molecule has 5 heteroatoms. The molecule has 0 aromatic carbocycles. The van der Waals surface area contributed by atoms with Crippen molar-refractivity contribution in [2.45, 2.75) is 39.2 Å². The lowest BCUT2D eigenvalue weighted by atomic mass is 10.2. The van der Waals surface area contributed by atoms with Crippen molar-refractivity contribution in [3.05, 3.63) is 0 Å². The molecule has 0 aromatic rings. The molecule has 0 rings (SSSR count). The lowest BCUT2D eigenvalue weighted by Crippen LogP contribution is -2.30. The monoisotopic (exact) mass is 247 g/mol. The Morgan fingerprint density at radius 2 is 2.12 bits per heavy atom. The molecule has 0 aromatic heterocycles. The highest BCUT2D eigenvalue weighted by molar-refractivity contribution is 5.69. The van der Waals surface area contributed by atoms with Crippen molar-refractivity contribution in [1.29, 1.82) is 0 Å². The molecule has 0 saturated heterocycles. The van der Waals surface area contributed by atoms with Gasteiger partial charge in [0.1, 0.15) is 0 Å². The van der Waals surface area contributed by atoms with E-state index in [4.69, 9.17) is 9.47 Å². The molecule has 1 atom stereocenters. The highest BCUT2D eigenvalue weighted by Crippen LogP contribution is 1.93. The fourth-order valence-corrected chi connectivity index (χ4v) is 1.30. The highest BCUT2D eigenvalue weighted by atomic mass is 16.5. The van der Waals surface area contributed by atoms with Crippen molar-refractivity contribution in [1.82, 2.24) is 5.32 Å². The van der Waals surface area contributed by atoms with Crippen LogP contribution < -0.4 is 5.32 Å². The molecule has 5 nitrogen and oxygen atoms in total. The Morgan fingerprint density at radius 1 is 1.35 bits per heavy atom. The molecule has 0 amide bonds. The van der Waals surface area contributed by atoms with Gasteiger partial charge in [0.15, 0.2) is 0 Å². The number of hydrogen-bond donors (Lipinski definition) is 2. The summed E-state index contributed by atoms with van der Waals surface area (Å²) in [7, 11) is 0. The van der Waals surface area contributed by atoms with Gasteiger partial charge in [0.05, 0.1) is 19.1 Å². The minimum atomic E-state index is -0.675. The van der Waals surface area contributed by atoms with E-state index >= 15 is 0 Å². The predicted molar refractivity (Wildman–Crippen MR) is 65.9 cm³/mol. The highest BCUT2D eigenvalue weighted by Gasteiger charge is 2.10. The van der Waals surface area contributed by atoms with Crippen molar-refractivity contribution in [3.8, 4) is 0 Å². The van der Waals surface area contributed by atoms with Crippen molar-refractivity contribution in [3.63, 3.8) is 0 Å². The standard InChI is InChI=1S/C12H25NO4/c1-3-7-16-8-5-6-13-10-11(14)9-12(15)17-4-2/h11,13-14H,3-10H2,1-2H3. The van der Waals surface area contributed by atoms with E-state index in [0.717, 1.165) is 32.6 Å². The maximum absolute atomic E-state index is 11.0. The van der Waals surface area contributed by atoms with E-state index < -0.39 is 6.10 Å². The Labute approximate surface area is 103 Å². The Bertz CT molecular complexity index is 187. The van der Waals surface area contributed by atoms with Crippen molar-refractivity contribution < 1.29 is 19.4 Å². The van der Waals surface area contributed by atoms with Crippen LogP contribution in [0.4, 0.5) is 0 Å². The summed E-state index contributed by atoms with van der Waals surface area (Å²) in [5.41, 5.74) is 0. The number of esters is 1. The summed E-state index contributed by atoms with van der Waals surface area (Å²) in [6.45, 7) is 6.90. The zero-order chi connectivity index (χ0) is 12.9. The van der Waals surface area contributed by atoms with Crippen molar-refractivity contribution in [2.75, 3.05) is 32.9 Å². The molecule has 102 valence electrons. The number of ether oxygens (including phenoxy) is 2. The summed E-state index contributed by atoms with van der Waals surface area (Å²) in [5.74, 6) is -0.354. The summed E-state index contributed by atoms with van der Waals surface area (Å²) >= 11 is 0. The first kappa shape index (κ1) is 16.4. The largest absolute Gasteiger partial charge is 0.466 e. The normalized spacial score (nSPS) is 12.4. The average molecular weight is 247 g/mol. The molecule has 1 unspecified atom stereocenters. The lowest BCUT2D eigenvalue weighted by molar-refractivity contribution is -0.145. The van der Waals surface area contributed by atoms with Gasteiger partial charge in [-0.05, 0) is 26.3 Å². The van der Waals surface area contributed by atoms with Crippen LogP contribution in [0.15, 0.2) is 0 Å². The van der Waals surface area contributed by atoms with Crippen LogP contribution in [0.25, 0.3) is 0 Å². The molecule has 17 heavy (non-hydrogen) atoms. The number of carbonyl (C=O) groups is 1. The fourth-order valence-electron chi connectivity index (χ4n) is 1.30. The molecule has 0 spiro atoms. The zero-order valence-electron chi connectivity index (χ0n) is 10.9. The maximum Gasteiger partial charge on any atom is 0.308 e. The third-order valence-corrected chi connectivity index (χ3v) is 2.08. The van der Waals surface area contributed by atoms with Gasteiger partial charge in [0.2, 0.25) is 0 Å². The van der Waals surface area contributed by atoms with E-state index in [9.17, 15) is 9.90 Å². The predicted octanol–water partition coefficient (Wildman–Crippen LogP) is 0.707. The molecule has 0 aliphatic carbocycles. The molecular weight excluding hydrogens is 222 g/mol. The zero-order valence-corrected chi connectivity index (χ0v) is 10.9. The second-order valence-corrected chi connectivity index (χ2v) is 3.83. The summed E-state index contributed by atoms with van der Waals surface area (Å²) in [4.78, 5) is 11.0. The second kappa shape index (κ2) is 11.8. The lowest BCUT2D eigenvalue weighted by Gasteiger charge is -2.11. The molecule has 0 heterocycles. The number of rotatable bonds is 11. The first-order valence-electron chi connectivity index (χ1n) is 6.32. The Morgan fingerprint density at radius 3 is 2.76 bits per heavy atom. The van der Waals surface area contributed by atoms with Crippen LogP contribution in [0.2, 0.25) is 0 Å². The number of carbonyl (C=O) groups excluding carboxylic acids is 1. The molecule has 0 aliphatic heterocycles. The van der Waals surface area contributed by atoms with Gasteiger partial charge < -0.3 is 19.9 Å². The van der Waals surface area contributed by atoms with Crippen LogP contribution in [0, 0.1) is 0 Å². The number of nitrogens with one attached hydrogen (secondary N) is 1. The molecule has 0 radical (unpaired) electrons. The van der Waals surface area contributed by atoms with E-state index in [2.05, 4.69) is 12.2 Å². The van der Waals surface area contributed by atoms with Crippen LogP contribution >= 0.6 is 0 Å². The van der Waals surface area contributed by atoms with Gasteiger partial charge in [-0.1, -0.05) is 6.92 Å². The van der Waals surface area contributed by atoms with Crippen molar-refractivity contribution in [2.24, 2.45) is 0 Å². The van der Waals surface area contributed by atoms with Gasteiger partial charge in [-0.25, -0.2) is 0 Å². The molecule has 2 N–H and O–H groups in total. The maximum atomic E-state index is 11.0. The van der Waals surface area contributed by atoms with E-state index in [-0.39, 0.29) is 12.4 Å². The van der Waals surface area contributed by atoms with Gasteiger partial charge in [-0.2, -0.15) is 0 Å². The third-order valence-electron chi connectivity index (χ3n) is 2.08. The van der Waals surface area contributed by atoms with Crippen molar-refractivity contribution >= 4 is 5.97 Å². The Balaban J connectivity index is 3.27. The van der Waals surface area contributed by atoms with Crippen LogP contribution in [-0.2, 0) is 14.3 Å². The molecule has 0 saturated carbocycles. The van der Waals surface area contributed by atoms with Crippen LogP contribution in [0.1, 0.15) is 33.1 Å². The number of aliphatic hydroxyl groups is 1. The summed E-state index contributed by atoms with van der Waals surface area (Å²) in [6, 6.07) is 0. The Kier molecular flexibility index (Phi) is 11.4. The molecule has 0 bridgehead atoms. The number of hydrogen-bond acceptors (Lipinski definition) is 5. The topological polar surface area (TPSA) is 67.8 Å². The van der Waals surface area contributed by atoms with Crippen LogP contribution in [0.3, 0.4) is 0 Å². The Hall–Kier alpha value is -0.650. The van der Waals surface area contributed by atoms with E-state index in [1.54, 1.807) is 6.92 Å². The average Bonchev–Trinajstić information content (AvgIpc) is 2.28. The number of aliphatic hydroxyl groups excluding tert-OH is 1. The first-order valence-corrected chi connectivity index (χ1v) is 6.32. The van der Waals surface area contributed by atoms with E-state index in [0.29, 0.717) is 13.2 Å².